The van der Waals surface area contributed by atoms with E-state index in [1.54, 1.807) is 0 Å². The zero-order valence-corrected chi connectivity index (χ0v) is 13.4. The van der Waals surface area contributed by atoms with Gasteiger partial charge >= 0.3 is 0 Å². The van der Waals surface area contributed by atoms with Crippen molar-refractivity contribution in [3.05, 3.63) is 59.2 Å². The molecule has 0 radical (unpaired) electrons. The van der Waals surface area contributed by atoms with Crippen molar-refractivity contribution in [1.29, 1.82) is 5.26 Å². The first-order valence-corrected chi connectivity index (χ1v) is 7.92. The first-order chi connectivity index (χ1) is 11.3. The van der Waals surface area contributed by atoms with Crippen LogP contribution in [0.25, 0.3) is 0 Å². The molecule has 0 atom stereocenters. The third kappa shape index (κ3) is 3.82. The van der Waals surface area contributed by atoms with Gasteiger partial charge in [-0.05, 0) is 42.8 Å². The van der Waals surface area contributed by atoms with Crippen molar-refractivity contribution in [3.63, 3.8) is 0 Å². The molecule has 0 saturated carbocycles. The maximum atomic E-state index is 9.34. The second kappa shape index (κ2) is 7.17. The van der Waals surface area contributed by atoms with Crippen LogP contribution in [0.2, 0.25) is 0 Å². The molecule has 0 unspecified atom stereocenters. The first kappa shape index (κ1) is 15.4. The lowest BCUT2D eigenvalue weighted by Gasteiger charge is -2.29. The minimum Gasteiger partial charge on any atom is -0.381 e. The average molecular weight is 307 g/mol. The lowest BCUT2D eigenvalue weighted by molar-refractivity contribution is 0.122. The van der Waals surface area contributed by atoms with Crippen LogP contribution in [-0.2, 0) is 11.3 Å². The van der Waals surface area contributed by atoms with Crippen LogP contribution < -0.4 is 10.2 Å². The van der Waals surface area contributed by atoms with Gasteiger partial charge in [-0.2, -0.15) is 5.26 Å². The summed E-state index contributed by atoms with van der Waals surface area (Å²) in [6.07, 6.45) is 0. The summed E-state index contributed by atoms with van der Waals surface area (Å²) in [4.78, 5) is 2.31. The highest BCUT2D eigenvalue weighted by atomic mass is 16.5. The Balaban J connectivity index is 1.76. The molecule has 1 fully saturated rings. The van der Waals surface area contributed by atoms with Gasteiger partial charge in [0.15, 0.2) is 0 Å². The fourth-order valence-corrected chi connectivity index (χ4v) is 2.72. The molecule has 2 aromatic rings. The molecule has 1 heterocycles. The van der Waals surface area contributed by atoms with Crippen molar-refractivity contribution in [2.75, 3.05) is 36.5 Å². The van der Waals surface area contributed by atoms with Crippen molar-refractivity contribution in [2.45, 2.75) is 13.5 Å². The average Bonchev–Trinajstić information content (AvgIpc) is 2.62. The van der Waals surface area contributed by atoms with E-state index in [1.807, 2.05) is 12.1 Å². The number of hydrogen-bond acceptors (Lipinski definition) is 4. The Labute approximate surface area is 137 Å². The molecule has 1 aliphatic heterocycles. The number of anilines is 2. The van der Waals surface area contributed by atoms with Crippen LogP contribution in [0.3, 0.4) is 0 Å². The molecule has 1 saturated heterocycles. The number of nitrogens with one attached hydrogen (secondary N) is 1. The summed E-state index contributed by atoms with van der Waals surface area (Å²) in [5.74, 6) is 0. The number of nitriles is 1. The number of aryl methyl sites for hydroxylation is 1. The van der Waals surface area contributed by atoms with Gasteiger partial charge in [-0.3, -0.25) is 0 Å². The number of morpholine rings is 1. The van der Waals surface area contributed by atoms with Gasteiger partial charge < -0.3 is 15.0 Å². The number of rotatable bonds is 4. The molecular weight excluding hydrogens is 286 g/mol. The highest BCUT2D eigenvalue weighted by Crippen LogP contribution is 2.21. The molecule has 0 aliphatic carbocycles. The lowest BCUT2D eigenvalue weighted by atomic mass is 10.1. The Hall–Kier alpha value is -2.51. The van der Waals surface area contributed by atoms with Crippen LogP contribution in [0, 0.1) is 18.3 Å². The number of hydrogen-bond donors (Lipinski definition) is 1. The fourth-order valence-electron chi connectivity index (χ4n) is 2.72. The summed E-state index contributed by atoms with van der Waals surface area (Å²) in [5.41, 5.74) is 5.21. The normalized spacial score (nSPS) is 14.3. The van der Waals surface area contributed by atoms with E-state index in [0.717, 1.165) is 48.8 Å². The summed E-state index contributed by atoms with van der Waals surface area (Å²) in [6, 6.07) is 16.6. The molecule has 0 spiro atoms. The molecular formula is C19H21N3O. The first-order valence-electron chi connectivity index (χ1n) is 7.92. The van der Waals surface area contributed by atoms with Crippen LogP contribution in [-0.4, -0.2) is 26.3 Å². The number of ether oxygens (including phenoxy) is 1. The van der Waals surface area contributed by atoms with E-state index < -0.39 is 0 Å². The van der Waals surface area contributed by atoms with Crippen LogP contribution in [0.5, 0.6) is 0 Å². The Bertz CT molecular complexity index is 698. The van der Waals surface area contributed by atoms with Gasteiger partial charge in [0.2, 0.25) is 0 Å². The summed E-state index contributed by atoms with van der Waals surface area (Å²) in [7, 11) is 0. The standard InChI is InChI=1S/C19H21N3O/c1-15-2-5-18(6-3-15)21-14-17-12-19(7-4-16(17)13-20)22-8-10-23-11-9-22/h2-7,12,21H,8-11,14H2,1H3. The van der Waals surface area contributed by atoms with Gasteiger partial charge in [-0.25, -0.2) is 0 Å². The van der Waals surface area contributed by atoms with Crippen molar-refractivity contribution in [1.82, 2.24) is 0 Å². The summed E-state index contributed by atoms with van der Waals surface area (Å²) < 4.78 is 5.40. The maximum Gasteiger partial charge on any atom is 0.0995 e. The molecule has 118 valence electrons. The van der Waals surface area contributed by atoms with Crippen LogP contribution in [0.15, 0.2) is 42.5 Å². The minimum atomic E-state index is 0.643. The zero-order chi connectivity index (χ0) is 16.1. The van der Waals surface area contributed by atoms with Crippen LogP contribution in [0.1, 0.15) is 16.7 Å². The second-order valence-electron chi connectivity index (χ2n) is 5.77. The van der Waals surface area contributed by atoms with E-state index in [9.17, 15) is 5.26 Å². The predicted octanol–water partition coefficient (Wildman–Crippen LogP) is 3.32. The molecule has 2 aromatic carbocycles. The highest BCUT2D eigenvalue weighted by molar-refractivity contribution is 5.55. The number of nitrogens with zero attached hydrogens (tertiary/aromatic N) is 2. The minimum absolute atomic E-state index is 0.643. The Morgan fingerprint density at radius 1 is 1.13 bits per heavy atom. The molecule has 23 heavy (non-hydrogen) atoms. The molecule has 3 rings (SSSR count). The smallest absolute Gasteiger partial charge is 0.0995 e. The van der Waals surface area contributed by atoms with Crippen LogP contribution >= 0.6 is 0 Å². The molecule has 1 N–H and O–H groups in total. The largest absolute Gasteiger partial charge is 0.381 e. The molecule has 0 bridgehead atoms. The topological polar surface area (TPSA) is 48.3 Å². The Morgan fingerprint density at radius 2 is 1.87 bits per heavy atom. The van der Waals surface area contributed by atoms with Gasteiger partial charge in [0.1, 0.15) is 0 Å². The van der Waals surface area contributed by atoms with Gasteiger partial charge in [0, 0.05) is 31.0 Å². The van der Waals surface area contributed by atoms with Crippen LogP contribution in [0.4, 0.5) is 11.4 Å². The Morgan fingerprint density at radius 3 is 2.57 bits per heavy atom. The van der Waals surface area contributed by atoms with E-state index in [0.29, 0.717) is 6.54 Å². The van der Waals surface area contributed by atoms with E-state index in [4.69, 9.17) is 4.74 Å². The lowest BCUT2D eigenvalue weighted by Crippen LogP contribution is -2.36. The van der Waals surface area contributed by atoms with Gasteiger partial charge in [0.05, 0.1) is 24.8 Å². The quantitative estimate of drug-likeness (QED) is 0.941. The highest BCUT2D eigenvalue weighted by Gasteiger charge is 2.13. The third-order valence-electron chi connectivity index (χ3n) is 4.12. The third-order valence-corrected chi connectivity index (χ3v) is 4.12. The molecule has 0 amide bonds. The summed E-state index contributed by atoms with van der Waals surface area (Å²) in [6.45, 7) is 6.04. The fraction of sp³-hybridized carbons (Fsp3) is 0.316. The summed E-state index contributed by atoms with van der Waals surface area (Å²) >= 11 is 0. The monoisotopic (exact) mass is 307 g/mol. The van der Waals surface area contributed by atoms with E-state index in [2.05, 4.69) is 53.5 Å². The van der Waals surface area contributed by atoms with Gasteiger partial charge in [-0.15, -0.1) is 0 Å². The van der Waals surface area contributed by atoms with Crippen molar-refractivity contribution in [2.24, 2.45) is 0 Å². The second-order valence-corrected chi connectivity index (χ2v) is 5.77. The molecule has 4 nitrogen and oxygen atoms in total. The Kier molecular flexibility index (Phi) is 4.80. The molecule has 1 aliphatic rings. The maximum absolute atomic E-state index is 9.34. The number of benzene rings is 2. The van der Waals surface area contributed by atoms with Crippen molar-refractivity contribution in [3.8, 4) is 6.07 Å². The molecule has 4 heteroatoms. The van der Waals surface area contributed by atoms with Gasteiger partial charge in [0.25, 0.3) is 0 Å². The van der Waals surface area contributed by atoms with Gasteiger partial charge in [-0.1, -0.05) is 17.7 Å². The van der Waals surface area contributed by atoms with E-state index >= 15 is 0 Å². The van der Waals surface area contributed by atoms with Crippen molar-refractivity contribution < 1.29 is 4.74 Å². The SMILES string of the molecule is Cc1ccc(NCc2cc(N3CCOCC3)ccc2C#N)cc1. The zero-order valence-electron chi connectivity index (χ0n) is 13.4. The van der Waals surface area contributed by atoms with E-state index in [-0.39, 0.29) is 0 Å². The molecule has 0 aromatic heterocycles. The van der Waals surface area contributed by atoms with E-state index in [1.165, 1.54) is 5.56 Å². The summed E-state index contributed by atoms with van der Waals surface area (Å²) in [5, 5.41) is 12.7. The van der Waals surface area contributed by atoms with Crippen molar-refractivity contribution >= 4 is 11.4 Å². The predicted molar refractivity (Wildman–Crippen MR) is 92.7 cm³/mol.